The summed E-state index contributed by atoms with van der Waals surface area (Å²) in [7, 11) is 0. The van der Waals surface area contributed by atoms with Gasteiger partial charge in [-0.1, -0.05) is 35.9 Å². The topological polar surface area (TPSA) is 52.6 Å². The molecule has 3 aromatic carbocycles. The smallest absolute Gasteiger partial charge is 0.322 e. The average molecular weight is 432 g/mol. The van der Waals surface area contributed by atoms with Crippen LogP contribution in [0.5, 0.6) is 0 Å². The summed E-state index contributed by atoms with van der Waals surface area (Å²) in [5.74, 6) is -1.07. The normalized spacial score (nSPS) is 13.9. The molecule has 1 fully saturated rings. The van der Waals surface area contributed by atoms with E-state index in [1.54, 1.807) is 41.3 Å². The first-order valence-corrected chi connectivity index (χ1v) is 10.7. The van der Waals surface area contributed by atoms with Gasteiger partial charge in [0.1, 0.15) is 5.82 Å². The van der Waals surface area contributed by atoms with E-state index >= 15 is 0 Å². The van der Waals surface area contributed by atoms with Crippen molar-refractivity contribution in [2.75, 3.05) is 23.3 Å². The van der Waals surface area contributed by atoms with Gasteiger partial charge in [0, 0.05) is 31.0 Å². The van der Waals surface area contributed by atoms with Gasteiger partial charge in [-0.15, -0.1) is 0 Å². The highest BCUT2D eigenvalue weighted by Crippen LogP contribution is 2.24. The van der Waals surface area contributed by atoms with Crippen LogP contribution in [0.15, 0.2) is 66.7 Å². The number of carbonyl (C=O) groups is 2. The molecular formula is C26H26FN3O2. The molecule has 1 heterocycles. The molecule has 164 valence electrons. The van der Waals surface area contributed by atoms with Crippen molar-refractivity contribution in [3.05, 3.63) is 94.8 Å². The Hall–Kier alpha value is -3.67. The van der Waals surface area contributed by atoms with Gasteiger partial charge in [0.25, 0.3) is 5.91 Å². The largest absolute Gasteiger partial charge is 0.324 e. The number of amides is 3. The molecule has 3 aromatic rings. The van der Waals surface area contributed by atoms with Crippen LogP contribution in [0.25, 0.3) is 0 Å². The Morgan fingerprint density at radius 1 is 1.00 bits per heavy atom. The molecule has 0 bridgehead atoms. The van der Waals surface area contributed by atoms with Gasteiger partial charge in [-0.2, -0.15) is 0 Å². The molecule has 5 nitrogen and oxygen atoms in total. The van der Waals surface area contributed by atoms with Gasteiger partial charge in [-0.3, -0.25) is 9.69 Å². The zero-order chi connectivity index (χ0) is 22.7. The summed E-state index contributed by atoms with van der Waals surface area (Å²) >= 11 is 0. The number of hydrogen-bond donors (Lipinski definition) is 1. The lowest BCUT2D eigenvalue weighted by atomic mass is 10.0. The average Bonchev–Trinajstić information content (AvgIpc) is 2.78. The molecule has 1 saturated heterocycles. The first-order chi connectivity index (χ1) is 15.4. The number of nitrogens with zero attached hydrogens (tertiary/aromatic N) is 2. The van der Waals surface area contributed by atoms with Crippen LogP contribution < -0.4 is 10.2 Å². The van der Waals surface area contributed by atoms with Crippen LogP contribution in [0.1, 0.15) is 33.5 Å². The van der Waals surface area contributed by atoms with E-state index in [2.05, 4.69) is 37.4 Å². The van der Waals surface area contributed by atoms with Crippen molar-refractivity contribution in [2.45, 2.75) is 26.8 Å². The number of anilines is 2. The molecule has 0 unspecified atom stereocenters. The van der Waals surface area contributed by atoms with Gasteiger partial charge < -0.3 is 10.2 Å². The Morgan fingerprint density at radius 2 is 1.75 bits per heavy atom. The molecule has 4 rings (SSSR count). The van der Waals surface area contributed by atoms with E-state index in [0.717, 1.165) is 24.2 Å². The molecule has 0 spiro atoms. The molecule has 3 amide bonds. The van der Waals surface area contributed by atoms with Crippen LogP contribution in [-0.2, 0) is 6.54 Å². The molecule has 0 saturated carbocycles. The highest BCUT2D eigenvalue weighted by Gasteiger charge is 2.27. The van der Waals surface area contributed by atoms with Gasteiger partial charge in [-0.25, -0.2) is 9.18 Å². The van der Waals surface area contributed by atoms with E-state index in [0.29, 0.717) is 18.8 Å². The van der Waals surface area contributed by atoms with Gasteiger partial charge in [0.05, 0.1) is 5.56 Å². The van der Waals surface area contributed by atoms with E-state index in [1.165, 1.54) is 23.3 Å². The number of carbonyl (C=O) groups excluding carboxylic acids is 2. The minimum absolute atomic E-state index is 0.00938. The molecule has 0 aromatic heterocycles. The standard InChI is InChI=1S/C26H26FN3O2/c1-18-8-9-19(2)20(16-18)17-29-14-5-15-30(26(29)32)22-12-10-21(11-13-22)28-25(31)23-6-3-4-7-24(23)27/h3-4,6-13,16H,5,14-15,17H2,1-2H3,(H,28,31). The minimum Gasteiger partial charge on any atom is -0.322 e. The number of urea groups is 1. The predicted octanol–water partition coefficient (Wildman–Crippen LogP) is 5.53. The maximum atomic E-state index is 13.8. The van der Waals surface area contributed by atoms with E-state index in [1.807, 2.05) is 4.90 Å². The van der Waals surface area contributed by atoms with Crippen LogP contribution in [0.3, 0.4) is 0 Å². The predicted molar refractivity (Wildman–Crippen MR) is 124 cm³/mol. The number of aryl methyl sites for hydroxylation is 2. The summed E-state index contributed by atoms with van der Waals surface area (Å²) in [6, 6.07) is 19.2. The SMILES string of the molecule is Cc1ccc(C)c(CN2CCCN(c3ccc(NC(=O)c4ccccc4F)cc3)C2=O)c1. The monoisotopic (exact) mass is 431 g/mol. The Balaban J connectivity index is 1.45. The molecule has 0 atom stereocenters. The summed E-state index contributed by atoms with van der Waals surface area (Å²) in [6.45, 7) is 6.07. The number of nitrogens with one attached hydrogen (secondary N) is 1. The van der Waals surface area contributed by atoms with Crippen molar-refractivity contribution >= 4 is 23.3 Å². The van der Waals surface area contributed by atoms with Crippen molar-refractivity contribution in [1.82, 2.24) is 4.90 Å². The van der Waals surface area contributed by atoms with Crippen LogP contribution >= 0.6 is 0 Å². The van der Waals surface area contributed by atoms with Crippen molar-refractivity contribution in [2.24, 2.45) is 0 Å². The Morgan fingerprint density at radius 3 is 2.50 bits per heavy atom. The summed E-state index contributed by atoms with van der Waals surface area (Å²) in [6.07, 6.45) is 0.877. The fraction of sp³-hybridized carbons (Fsp3) is 0.231. The second-order valence-corrected chi connectivity index (χ2v) is 8.12. The molecular weight excluding hydrogens is 405 g/mol. The summed E-state index contributed by atoms with van der Waals surface area (Å²) in [5, 5.41) is 2.70. The number of rotatable bonds is 5. The van der Waals surface area contributed by atoms with E-state index < -0.39 is 11.7 Å². The lowest BCUT2D eigenvalue weighted by Gasteiger charge is -2.36. The zero-order valence-electron chi connectivity index (χ0n) is 18.3. The highest BCUT2D eigenvalue weighted by atomic mass is 19.1. The molecule has 1 aliphatic rings. The van der Waals surface area contributed by atoms with E-state index in [4.69, 9.17) is 0 Å². The van der Waals surface area contributed by atoms with Crippen molar-refractivity contribution < 1.29 is 14.0 Å². The lowest BCUT2D eigenvalue weighted by Crippen LogP contribution is -2.49. The summed E-state index contributed by atoms with van der Waals surface area (Å²) < 4.78 is 13.8. The van der Waals surface area contributed by atoms with E-state index in [9.17, 15) is 14.0 Å². The number of benzene rings is 3. The van der Waals surface area contributed by atoms with Gasteiger partial charge in [0.15, 0.2) is 0 Å². The number of halogens is 1. The minimum atomic E-state index is -0.565. The Labute approximate surface area is 187 Å². The molecule has 1 N–H and O–H groups in total. The molecule has 0 aliphatic carbocycles. The second kappa shape index (κ2) is 9.22. The molecule has 1 aliphatic heterocycles. The van der Waals surface area contributed by atoms with Crippen LogP contribution in [0.2, 0.25) is 0 Å². The first kappa shape index (κ1) is 21.6. The third-order valence-electron chi connectivity index (χ3n) is 5.73. The fourth-order valence-corrected chi connectivity index (χ4v) is 3.91. The van der Waals surface area contributed by atoms with Crippen molar-refractivity contribution in [1.29, 1.82) is 0 Å². The third kappa shape index (κ3) is 4.64. The first-order valence-electron chi connectivity index (χ1n) is 10.7. The van der Waals surface area contributed by atoms with Gasteiger partial charge >= 0.3 is 6.03 Å². The second-order valence-electron chi connectivity index (χ2n) is 8.12. The van der Waals surface area contributed by atoms with Crippen LogP contribution in [0.4, 0.5) is 20.6 Å². The van der Waals surface area contributed by atoms with Gasteiger partial charge in [-0.05, 0) is 67.8 Å². The maximum Gasteiger partial charge on any atom is 0.324 e. The van der Waals surface area contributed by atoms with Crippen LogP contribution in [0, 0.1) is 19.7 Å². The quantitative estimate of drug-likeness (QED) is 0.578. The maximum absolute atomic E-state index is 13.8. The van der Waals surface area contributed by atoms with Crippen LogP contribution in [-0.4, -0.2) is 29.9 Å². The zero-order valence-corrected chi connectivity index (χ0v) is 18.3. The molecule has 0 radical (unpaired) electrons. The van der Waals surface area contributed by atoms with Crippen molar-refractivity contribution in [3.8, 4) is 0 Å². The lowest BCUT2D eigenvalue weighted by molar-refractivity contribution is 0.102. The summed E-state index contributed by atoms with van der Waals surface area (Å²) in [4.78, 5) is 29.1. The Kier molecular flexibility index (Phi) is 6.21. The van der Waals surface area contributed by atoms with Gasteiger partial charge in [0.2, 0.25) is 0 Å². The highest BCUT2D eigenvalue weighted by molar-refractivity contribution is 6.04. The van der Waals surface area contributed by atoms with Crippen molar-refractivity contribution in [3.63, 3.8) is 0 Å². The molecule has 32 heavy (non-hydrogen) atoms. The van der Waals surface area contributed by atoms with E-state index in [-0.39, 0.29) is 11.6 Å². The molecule has 6 heteroatoms. The Bertz CT molecular complexity index is 1140. The fourth-order valence-electron chi connectivity index (χ4n) is 3.91. The third-order valence-corrected chi connectivity index (χ3v) is 5.73. The number of hydrogen-bond acceptors (Lipinski definition) is 2. The summed E-state index contributed by atoms with van der Waals surface area (Å²) in [5.41, 5.74) is 4.81.